The summed E-state index contributed by atoms with van der Waals surface area (Å²) < 4.78 is 4.28. The van der Waals surface area contributed by atoms with Gasteiger partial charge in [-0.15, -0.1) is 0 Å². The lowest BCUT2D eigenvalue weighted by Crippen LogP contribution is -2.13. The van der Waals surface area contributed by atoms with Crippen molar-refractivity contribution in [1.82, 2.24) is 0 Å². The molecule has 0 aliphatic heterocycles. The van der Waals surface area contributed by atoms with Gasteiger partial charge in [-0.3, -0.25) is 0 Å². The maximum Gasteiger partial charge on any atom is 0.339 e. The van der Waals surface area contributed by atoms with Crippen LogP contribution in [0.2, 0.25) is 0 Å². The smallest absolute Gasteiger partial charge is 0.339 e. The molecular weight excluding hydrogens is 220 g/mol. The molecule has 0 saturated heterocycles. The fourth-order valence-corrected chi connectivity index (χ4v) is 1.52. The molecule has 0 spiro atoms. The van der Waals surface area contributed by atoms with Gasteiger partial charge in [-0.25, -0.2) is 9.59 Å². The van der Waals surface area contributed by atoms with Crippen LogP contribution in [0.15, 0.2) is 12.2 Å². The molecule has 1 atom stereocenters. The Bertz CT molecular complexity index is 258. The monoisotopic (exact) mass is 242 g/mol. The van der Waals surface area contributed by atoms with E-state index in [4.69, 9.17) is 5.11 Å². The third kappa shape index (κ3) is 8.63. The van der Waals surface area contributed by atoms with E-state index in [-0.39, 0.29) is 0 Å². The van der Waals surface area contributed by atoms with Crippen LogP contribution in [0.1, 0.15) is 46.0 Å². The Balaban J connectivity index is 3.90. The first kappa shape index (κ1) is 15.8. The van der Waals surface area contributed by atoms with Gasteiger partial charge in [0.25, 0.3) is 0 Å². The molecule has 0 aromatic heterocycles. The summed E-state index contributed by atoms with van der Waals surface area (Å²) in [5.41, 5.74) is 0. The van der Waals surface area contributed by atoms with Gasteiger partial charge in [-0.1, -0.05) is 45.6 Å². The molecule has 17 heavy (non-hydrogen) atoms. The Morgan fingerprint density at radius 1 is 1.35 bits per heavy atom. The normalized spacial score (nSPS) is 12.6. The second kappa shape index (κ2) is 10.0. The summed E-state index contributed by atoms with van der Waals surface area (Å²) in [4.78, 5) is 21.6. The highest BCUT2D eigenvalue weighted by molar-refractivity contribution is 5.92. The van der Waals surface area contributed by atoms with E-state index in [9.17, 15) is 9.59 Å². The van der Waals surface area contributed by atoms with Crippen molar-refractivity contribution in [1.29, 1.82) is 0 Å². The topological polar surface area (TPSA) is 63.6 Å². The first-order valence-electron chi connectivity index (χ1n) is 6.16. The van der Waals surface area contributed by atoms with Crippen LogP contribution in [-0.2, 0) is 14.3 Å². The third-order valence-electron chi connectivity index (χ3n) is 2.61. The molecule has 0 heterocycles. The zero-order valence-corrected chi connectivity index (χ0v) is 10.6. The molecule has 0 amide bonds. The third-order valence-corrected chi connectivity index (χ3v) is 2.61. The van der Waals surface area contributed by atoms with Crippen LogP contribution in [0.3, 0.4) is 0 Å². The Hall–Kier alpha value is -1.16. The molecule has 4 heteroatoms. The number of esters is 2. The first-order valence-corrected chi connectivity index (χ1v) is 6.16. The fourth-order valence-electron chi connectivity index (χ4n) is 1.52. The number of hydrogen-bond donors (Lipinski definition) is 1. The summed E-state index contributed by atoms with van der Waals surface area (Å²) in [5.74, 6) is -1.06. The predicted molar refractivity (Wildman–Crippen MR) is 65.2 cm³/mol. The minimum Gasteiger partial charge on any atom is -0.388 e. The van der Waals surface area contributed by atoms with Crippen LogP contribution in [0.5, 0.6) is 0 Å². The Labute approximate surface area is 103 Å². The van der Waals surface area contributed by atoms with E-state index in [1.54, 1.807) is 6.08 Å². The standard InChI is InChI=1S/C13H22O4/c1-3-5-7-11(4-2)8-6-9-12(15)17-13(16)10-14/h6,9,11,14H,3-5,7-8,10H2,1-2H3. The number of rotatable bonds is 8. The lowest BCUT2D eigenvalue weighted by molar-refractivity contribution is -0.158. The van der Waals surface area contributed by atoms with Crippen LogP contribution < -0.4 is 0 Å². The molecule has 0 fully saturated rings. The Morgan fingerprint density at radius 3 is 2.59 bits per heavy atom. The molecule has 0 rings (SSSR count). The highest BCUT2D eigenvalue weighted by Crippen LogP contribution is 2.16. The van der Waals surface area contributed by atoms with Gasteiger partial charge in [0.2, 0.25) is 0 Å². The van der Waals surface area contributed by atoms with Crippen LogP contribution >= 0.6 is 0 Å². The lowest BCUT2D eigenvalue weighted by atomic mass is 9.96. The molecule has 0 saturated carbocycles. The van der Waals surface area contributed by atoms with Gasteiger partial charge < -0.3 is 9.84 Å². The molecule has 98 valence electrons. The largest absolute Gasteiger partial charge is 0.388 e. The summed E-state index contributed by atoms with van der Waals surface area (Å²) in [7, 11) is 0. The summed E-state index contributed by atoms with van der Waals surface area (Å²) in [6, 6.07) is 0. The molecular formula is C13H22O4. The minimum absolute atomic E-state index is 0.576. The summed E-state index contributed by atoms with van der Waals surface area (Å²) >= 11 is 0. The van der Waals surface area contributed by atoms with Crippen LogP contribution in [0.4, 0.5) is 0 Å². The second-order valence-electron chi connectivity index (χ2n) is 4.01. The molecule has 0 aliphatic carbocycles. The van der Waals surface area contributed by atoms with Crippen molar-refractivity contribution < 1.29 is 19.4 Å². The van der Waals surface area contributed by atoms with E-state index in [0.29, 0.717) is 5.92 Å². The van der Waals surface area contributed by atoms with Gasteiger partial charge >= 0.3 is 11.9 Å². The van der Waals surface area contributed by atoms with Crippen molar-refractivity contribution in [2.24, 2.45) is 5.92 Å². The predicted octanol–water partition coefficient (Wildman–Crippen LogP) is 2.21. The molecule has 1 unspecified atom stereocenters. The average molecular weight is 242 g/mol. The fraction of sp³-hybridized carbons (Fsp3) is 0.692. The van der Waals surface area contributed by atoms with E-state index < -0.39 is 18.5 Å². The van der Waals surface area contributed by atoms with Gasteiger partial charge in [-0.2, -0.15) is 0 Å². The van der Waals surface area contributed by atoms with Gasteiger partial charge in [0.1, 0.15) is 6.61 Å². The van der Waals surface area contributed by atoms with E-state index >= 15 is 0 Å². The highest BCUT2D eigenvalue weighted by atomic mass is 16.6. The summed E-state index contributed by atoms with van der Waals surface area (Å²) in [6.45, 7) is 3.51. The minimum atomic E-state index is -0.919. The van der Waals surface area contributed by atoms with Crippen molar-refractivity contribution in [3.63, 3.8) is 0 Å². The van der Waals surface area contributed by atoms with Crippen molar-refractivity contribution >= 4 is 11.9 Å². The van der Waals surface area contributed by atoms with Crippen LogP contribution in [0.25, 0.3) is 0 Å². The zero-order chi connectivity index (χ0) is 13.1. The number of aliphatic hydroxyl groups excluding tert-OH is 1. The van der Waals surface area contributed by atoms with E-state index in [0.717, 1.165) is 19.3 Å². The highest BCUT2D eigenvalue weighted by Gasteiger charge is 2.06. The van der Waals surface area contributed by atoms with Gasteiger partial charge in [-0.05, 0) is 12.3 Å². The number of allylic oxidation sites excluding steroid dienone is 1. The van der Waals surface area contributed by atoms with Gasteiger partial charge in [0, 0.05) is 6.08 Å². The van der Waals surface area contributed by atoms with Crippen LogP contribution in [0, 0.1) is 5.92 Å². The van der Waals surface area contributed by atoms with Crippen molar-refractivity contribution in [3.8, 4) is 0 Å². The molecule has 0 aromatic carbocycles. The van der Waals surface area contributed by atoms with E-state index in [1.807, 2.05) is 0 Å². The van der Waals surface area contributed by atoms with E-state index in [1.165, 1.54) is 18.9 Å². The number of carbonyl (C=O) groups excluding carboxylic acids is 2. The number of hydrogen-bond acceptors (Lipinski definition) is 4. The second-order valence-corrected chi connectivity index (χ2v) is 4.01. The summed E-state index contributed by atoms with van der Waals surface area (Å²) in [5, 5.41) is 8.38. The molecule has 0 radical (unpaired) electrons. The maximum absolute atomic E-state index is 11.1. The van der Waals surface area contributed by atoms with Gasteiger partial charge in [0.15, 0.2) is 0 Å². The molecule has 0 aromatic rings. The summed E-state index contributed by atoms with van der Waals surface area (Å²) in [6.07, 6.45) is 8.40. The average Bonchev–Trinajstić information content (AvgIpc) is 2.33. The Morgan fingerprint density at radius 2 is 2.06 bits per heavy atom. The molecule has 0 bridgehead atoms. The van der Waals surface area contributed by atoms with Gasteiger partial charge in [0.05, 0.1) is 0 Å². The maximum atomic E-state index is 11.1. The molecule has 4 nitrogen and oxygen atoms in total. The van der Waals surface area contributed by atoms with Crippen molar-refractivity contribution in [2.45, 2.75) is 46.0 Å². The Kier molecular flexibility index (Phi) is 9.34. The van der Waals surface area contributed by atoms with Crippen LogP contribution in [-0.4, -0.2) is 23.7 Å². The first-order chi connectivity index (χ1) is 8.13. The molecule has 1 N–H and O–H groups in total. The zero-order valence-electron chi connectivity index (χ0n) is 10.6. The number of unbranched alkanes of at least 4 members (excludes halogenated alkanes) is 1. The van der Waals surface area contributed by atoms with E-state index in [2.05, 4.69) is 18.6 Å². The quantitative estimate of drug-likeness (QED) is 0.402. The van der Waals surface area contributed by atoms with Crippen molar-refractivity contribution in [3.05, 3.63) is 12.2 Å². The SMILES string of the molecule is CCCCC(CC)CC=CC(=O)OC(=O)CO. The number of carbonyl (C=O) groups is 2. The lowest BCUT2D eigenvalue weighted by Gasteiger charge is -2.10. The number of aliphatic hydroxyl groups is 1. The molecule has 0 aliphatic rings. The number of ether oxygens (including phenoxy) is 1. The van der Waals surface area contributed by atoms with Crippen molar-refractivity contribution in [2.75, 3.05) is 6.61 Å².